The van der Waals surface area contributed by atoms with Crippen LogP contribution in [0.4, 0.5) is 0 Å². The first-order chi connectivity index (χ1) is 30.4. The first-order valence-electron chi connectivity index (χ1n) is 20.5. The standard InChI is InChI=1S/C35H58O29/c36-1-8-15(37)23(45)30(59-8)53-3-10-17(39)25(47)32(61-10)55-5-12-19(41)27(49)34(63-12)57-7-14-21(43)28(50)35(64-14)56-6-13-20(42)26(48)33(62-13)54-4-11-18(40)24(46)31(60-11)52-2-9-16(38)22(44)29(51)58-9/h8-51H,1-7H2/t8-,9-,10-,11-,12-,13-,14-,15-,16-,17-,18-,19-,20-,21-,22+,23+,24+,25+,26+,27+,28+,29+,30+,31+,32+,33+,34+,35+/m0/s1. The Morgan fingerprint density at radius 1 is 0.234 bits per heavy atom. The highest BCUT2D eigenvalue weighted by Crippen LogP contribution is 2.32. The van der Waals surface area contributed by atoms with E-state index in [2.05, 4.69) is 0 Å². The highest BCUT2D eigenvalue weighted by Gasteiger charge is 2.52. The predicted octanol–water partition coefficient (Wildman–Crippen LogP) is -11.8. The van der Waals surface area contributed by atoms with Gasteiger partial charge >= 0.3 is 0 Å². The molecule has 0 aromatic carbocycles. The zero-order chi connectivity index (χ0) is 46.3. The van der Waals surface area contributed by atoms with E-state index in [-0.39, 0.29) is 0 Å². The number of hydrogen-bond donors (Lipinski definition) is 16. The van der Waals surface area contributed by atoms with Crippen LogP contribution in [0.25, 0.3) is 0 Å². The molecular weight excluding hydrogens is 884 g/mol. The fourth-order valence-corrected chi connectivity index (χ4v) is 7.96. The van der Waals surface area contributed by atoms with Crippen LogP contribution in [0.2, 0.25) is 0 Å². The van der Waals surface area contributed by atoms with Crippen LogP contribution in [0.5, 0.6) is 0 Å². The maximum atomic E-state index is 10.6. The molecule has 0 amide bonds. The van der Waals surface area contributed by atoms with Crippen molar-refractivity contribution in [3.05, 3.63) is 0 Å². The molecule has 0 spiro atoms. The normalized spacial score (nSPS) is 53.1. The maximum Gasteiger partial charge on any atom is 0.186 e. The van der Waals surface area contributed by atoms with Gasteiger partial charge in [-0.25, -0.2) is 0 Å². The van der Waals surface area contributed by atoms with Gasteiger partial charge in [-0.15, -0.1) is 0 Å². The number of rotatable bonds is 19. The summed E-state index contributed by atoms with van der Waals surface area (Å²) in [6.45, 7) is -3.50. The van der Waals surface area contributed by atoms with Gasteiger partial charge in [-0.1, -0.05) is 0 Å². The molecule has 0 aliphatic carbocycles. The van der Waals surface area contributed by atoms with E-state index in [0.717, 1.165) is 0 Å². The molecular formula is C35H58O29. The molecule has 372 valence electrons. The zero-order valence-electron chi connectivity index (χ0n) is 33.6. The SMILES string of the molecule is OC[C@@H]1O[C@@H](OC[C@@H]2O[C@@H](OC[C@@H]3O[C@@H](OC[C@@H]4O[C@@H](OC[C@@H]5O[C@@H](OC[C@@H]6O[C@@H](OC[C@@H]7O[C@@H](O)[C@H](O)[C@H]7O)[C@H](O)[C@H]6O)[C@H](O)[C@H]5O)[C@H](O)[C@H]4O)[C@H](O)[C@H]3O)[C@H](O)[C@H]2O)[C@H](O)[C@H]1O. The molecule has 7 heterocycles. The third-order valence-electron chi connectivity index (χ3n) is 12.0. The van der Waals surface area contributed by atoms with Gasteiger partial charge in [0.05, 0.1) is 46.2 Å². The third kappa shape index (κ3) is 10.7. The summed E-state index contributed by atoms with van der Waals surface area (Å²) in [6.07, 6.45) is -41.2. The largest absolute Gasteiger partial charge is 0.394 e. The van der Waals surface area contributed by atoms with E-state index < -0.39 is 218 Å². The van der Waals surface area contributed by atoms with Crippen LogP contribution in [-0.2, 0) is 61.6 Å². The lowest BCUT2D eigenvalue weighted by Crippen LogP contribution is -2.39. The second kappa shape index (κ2) is 21.6. The summed E-state index contributed by atoms with van der Waals surface area (Å²) in [5, 5.41) is 163. The van der Waals surface area contributed by atoms with E-state index >= 15 is 0 Å². The summed E-state index contributed by atoms with van der Waals surface area (Å²) in [5.74, 6) is 0. The zero-order valence-corrected chi connectivity index (χ0v) is 33.6. The molecule has 29 heteroatoms. The fraction of sp³-hybridized carbons (Fsp3) is 1.00. The van der Waals surface area contributed by atoms with Crippen molar-refractivity contribution in [1.29, 1.82) is 0 Å². The number of ether oxygens (including phenoxy) is 13. The quantitative estimate of drug-likeness (QED) is 0.0572. The number of aliphatic hydroxyl groups is 16. The van der Waals surface area contributed by atoms with Gasteiger partial charge in [-0.05, 0) is 0 Å². The minimum Gasteiger partial charge on any atom is -0.394 e. The van der Waals surface area contributed by atoms with Crippen LogP contribution in [0.15, 0.2) is 0 Å². The average Bonchev–Trinajstić information content (AvgIpc) is 4.09. The molecule has 7 rings (SSSR count). The summed E-state index contributed by atoms with van der Waals surface area (Å²) < 4.78 is 70.6. The highest BCUT2D eigenvalue weighted by atomic mass is 16.8. The van der Waals surface area contributed by atoms with Crippen LogP contribution >= 0.6 is 0 Å². The molecule has 7 aliphatic rings. The Labute approximate surface area is 361 Å². The molecule has 0 saturated carbocycles. The first kappa shape index (κ1) is 50.7. The monoisotopic (exact) mass is 942 g/mol. The molecule has 7 aliphatic heterocycles. The smallest absolute Gasteiger partial charge is 0.186 e. The molecule has 29 nitrogen and oxygen atoms in total. The lowest BCUT2D eigenvalue weighted by Gasteiger charge is -2.21. The van der Waals surface area contributed by atoms with E-state index in [4.69, 9.17) is 61.6 Å². The molecule has 7 saturated heterocycles. The van der Waals surface area contributed by atoms with Crippen molar-refractivity contribution in [3.63, 3.8) is 0 Å². The molecule has 0 aromatic rings. The second-order valence-corrected chi connectivity index (χ2v) is 16.4. The van der Waals surface area contributed by atoms with Crippen molar-refractivity contribution in [1.82, 2.24) is 0 Å². The van der Waals surface area contributed by atoms with Crippen LogP contribution < -0.4 is 0 Å². The van der Waals surface area contributed by atoms with Crippen molar-refractivity contribution >= 4 is 0 Å². The highest BCUT2D eigenvalue weighted by molar-refractivity contribution is 4.94. The van der Waals surface area contributed by atoms with Crippen molar-refractivity contribution < 1.29 is 143 Å². The van der Waals surface area contributed by atoms with Crippen molar-refractivity contribution in [2.75, 3.05) is 46.2 Å². The summed E-state index contributed by atoms with van der Waals surface area (Å²) in [4.78, 5) is 0. The lowest BCUT2D eigenvalue weighted by molar-refractivity contribution is -0.230. The Morgan fingerprint density at radius 3 is 0.609 bits per heavy atom. The van der Waals surface area contributed by atoms with Gasteiger partial charge in [0.15, 0.2) is 44.0 Å². The van der Waals surface area contributed by atoms with E-state index in [1.54, 1.807) is 0 Å². The van der Waals surface area contributed by atoms with E-state index in [1.165, 1.54) is 0 Å². The molecule has 28 atom stereocenters. The Hall–Kier alpha value is -1.16. The van der Waals surface area contributed by atoms with Crippen molar-refractivity contribution in [2.45, 2.75) is 172 Å². The van der Waals surface area contributed by atoms with Gasteiger partial charge in [-0.3, -0.25) is 0 Å². The Kier molecular flexibility index (Phi) is 17.1. The van der Waals surface area contributed by atoms with Gasteiger partial charge in [0.1, 0.15) is 128 Å². The molecule has 0 aromatic heterocycles. The number of hydrogen-bond acceptors (Lipinski definition) is 29. The molecule has 0 radical (unpaired) electrons. The van der Waals surface area contributed by atoms with Gasteiger partial charge in [0.25, 0.3) is 0 Å². The van der Waals surface area contributed by atoms with Crippen molar-refractivity contribution in [3.8, 4) is 0 Å². The Morgan fingerprint density at radius 2 is 0.422 bits per heavy atom. The molecule has 64 heavy (non-hydrogen) atoms. The number of aliphatic hydroxyl groups excluding tert-OH is 16. The van der Waals surface area contributed by atoms with E-state index in [9.17, 15) is 81.7 Å². The van der Waals surface area contributed by atoms with Gasteiger partial charge in [0.2, 0.25) is 0 Å². The minimum absolute atomic E-state index is 0.434. The van der Waals surface area contributed by atoms with Crippen LogP contribution in [0, 0.1) is 0 Å². The van der Waals surface area contributed by atoms with Crippen LogP contribution in [0.3, 0.4) is 0 Å². The molecule has 0 unspecified atom stereocenters. The molecule has 16 N–H and O–H groups in total. The summed E-state index contributed by atoms with van der Waals surface area (Å²) in [5.41, 5.74) is 0. The van der Waals surface area contributed by atoms with E-state index in [0.29, 0.717) is 0 Å². The minimum atomic E-state index is -1.67. The summed E-state index contributed by atoms with van der Waals surface area (Å²) >= 11 is 0. The summed E-state index contributed by atoms with van der Waals surface area (Å²) in [7, 11) is 0. The van der Waals surface area contributed by atoms with Crippen molar-refractivity contribution in [2.24, 2.45) is 0 Å². The van der Waals surface area contributed by atoms with Gasteiger partial charge < -0.3 is 143 Å². The molecule has 0 bridgehead atoms. The average molecular weight is 943 g/mol. The Balaban J connectivity index is 0.801. The molecule has 7 fully saturated rings. The summed E-state index contributed by atoms with van der Waals surface area (Å²) in [6, 6.07) is 0. The van der Waals surface area contributed by atoms with Gasteiger partial charge in [-0.2, -0.15) is 0 Å². The fourth-order valence-electron chi connectivity index (χ4n) is 7.96. The maximum absolute atomic E-state index is 10.6. The Bertz CT molecular complexity index is 1460. The van der Waals surface area contributed by atoms with Crippen LogP contribution in [-0.4, -0.2) is 300 Å². The third-order valence-corrected chi connectivity index (χ3v) is 12.0. The predicted molar refractivity (Wildman–Crippen MR) is 190 cm³/mol. The van der Waals surface area contributed by atoms with Crippen LogP contribution in [0.1, 0.15) is 0 Å². The first-order valence-corrected chi connectivity index (χ1v) is 20.5. The second-order valence-electron chi connectivity index (χ2n) is 16.4. The van der Waals surface area contributed by atoms with Gasteiger partial charge in [0, 0.05) is 0 Å². The van der Waals surface area contributed by atoms with E-state index in [1.807, 2.05) is 0 Å². The topological polar surface area (TPSA) is 444 Å². The lowest BCUT2D eigenvalue weighted by atomic mass is 10.1.